The van der Waals surface area contributed by atoms with Crippen LogP contribution in [0.3, 0.4) is 0 Å². The van der Waals surface area contributed by atoms with E-state index < -0.39 is 0 Å². The first-order chi connectivity index (χ1) is 8.35. The number of nitrogens with one attached hydrogen (secondary N) is 1. The third-order valence-electron chi connectivity index (χ3n) is 3.43. The first-order valence-electron chi connectivity index (χ1n) is 6.50. The number of hydrogen-bond donors (Lipinski definition) is 1. The number of likely N-dealkylation sites (N-methyl/N-ethyl adjacent to an activating group) is 1. The van der Waals surface area contributed by atoms with Crippen LogP contribution in [0.4, 0.5) is 0 Å². The fourth-order valence-corrected chi connectivity index (χ4v) is 3.88. The molecule has 1 aromatic rings. The van der Waals surface area contributed by atoms with Gasteiger partial charge in [-0.05, 0) is 32.6 Å². The summed E-state index contributed by atoms with van der Waals surface area (Å²) < 4.78 is 2.00. The van der Waals surface area contributed by atoms with E-state index in [1.54, 1.807) is 6.33 Å². The second-order valence-corrected chi connectivity index (χ2v) is 5.84. The Morgan fingerprint density at radius 1 is 1.59 bits per heavy atom. The molecule has 0 aromatic carbocycles. The Bertz CT molecular complexity index is 333. The molecule has 1 fully saturated rings. The van der Waals surface area contributed by atoms with Gasteiger partial charge in [0.1, 0.15) is 12.2 Å². The zero-order chi connectivity index (χ0) is 12.1. The molecular weight excluding hydrogens is 232 g/mol. The summed E-state index contributed by atoms with van der Waals surface area (Å²) in [5, 5.41) is 8.43. The number of rotatable bonds is 5. The number of thioether (sulfide) groups is 1. The topological polar surface area (TPSA) is 42.7 Å². The average Bonchev–Trinajstić information content (AvgIpc) is 2.84. The molecule has 2 rings (SSSR count). The molecular formula is C12H22N4S. The summed E-state index contributed by atoms with van der Waals surface area (Å²) in [6.07, 6.45) is 6.73. The van der Waals surface area contributed by atoms with Crippen LogP contribution in [-0.2, 0) is 13.0 Å². The minimum Gasteiger partial charge on any atom is -0.315 e. The zero-order valence-corrected chi connectivity index (χ0v) is 11.5. The van der Waals surface area contributed by atoms with Crippen molar-refractivity contribution in [3.63, 3.8) is 0 Å². The highest BCUT2D eigenvalue weighted by Crippen LogP contribution is 2.28. The van der Waals surface area contributed by atoms with Gasteiger partial charge in [-0.1, -0.05) is 6.42 Å². The van der Waals surface area contributed by atoms with Gasteiger partial charge in [0.25, 0.3) is 0 Å². The van der Waals surface area contributed by atoms with Crippen molar-refractivity contribution < 1.29 is 0 Å². The first-order valence-corrected chi connectivity index (χ1v) is 7.55. The number of aryl methyl sites for hydroxylation is 1. The highest BCUT2D eigenvalue weighted by Gasteiger charge is 2.24. The summed E-state index contributed by atoms with van der Waals surface area (Å²) in [5.74, 6) is 2.42. The van der Waals surface area contributed by atoms with Crippen LogP contribution in [0, 0.1) is 0 Å². The van der Waals surface area contributed by atoms with Gasteiger partial charge in [-0.3, -0.25) is 4.68 Å². The standard InChI is InChI=1S/C12H22N4S/c1-3-16-12(14-9-15-16)8-10(13-2)11-6-4-5-7-17-11/h9-11,13H,3-8H2,1-2H3. The molecule has 1 aliphatic heterocycles. The SMILES string of the molecule is CCn1ncnc1CC(NC)C1CCCCS1. The van der Waals surface area contributed by atoms with Crippen molar-refractivity contribution in [3.05, 3.63) is 12.2 Å². The Labute approximate surface area is 108 Å². The van der Waals surface area contributed by atoms with Crippen LogP contribution in [0.5, 0.6) is 0 Å². The molecule has 4 nitrogen and oxygen atoms in total. The summed E-state index contributed by atoms with van der Waals surface area (Å²) in [5.41, 5.74) is 0. The van der Waals surface area contributed by atoms with Gasteiger partial charge in [-0.15, -0.1) is 0 Å². The quantitative estimate of drug-likeness (QED) is 0.869. The lowest BCUT2D eigenvalue weighted by Gasteiger charge is -2.29. The van der Waals surface area contributed by atoms with Gasteiger partial charge in [0, 0.05) is 24.3 Å². The Morgan fingerprint density at radius 3 is 3.12 bits per heavy atom. The number of aromatic nitrogens is 3. The molecule has 0 bridgehead atoms. The van der Waals surface area contributed by atoms with Crippen LogP contribution in [0.15, 0.2) is 6.33 Å². The van der Waals surface area contributed by atoms with Crippen LogP contribution >= 0.6 is 11.8 Å². The van der Waals surface area contributed by atoms with Crippen LogP contribution in [0.1, 0.15) is 32.0 Å². The molecule has 96 valence electrons. The third kappa shape index (κ3) is 3.22. The Balaban J connectivity index is 1.98. The van der Waals surface area contributed by atoms with Crippen molar-refractivity contribution in [3.8, 4) is 0 Å². The molecule has 1 aliphatic rings. The average molecular weight is 254 g/mol. The van der Waals surface area contributed by atoms with E-state index in [0.29, 0.717) is 6.04 Å². The largest absolute Gasteiger partial charge is 0.315 e. The first kappa shape index (κ1) is 12.9. The molecule has 0 saturated carbocycles. The summed E-state index contributed by atoms with van der Waals surface area (Å²) >= 11 is 2.11. The fourth-order valence-electron chi connectivity index (χ4n) is 2.41. The lowest BCUT2D eigenvalue weighted by Crippen LogP contribution is -2.39. The summed E-state index contributed by atoms with van der Waals surface area (Å²) in [7, 11) is 2.06. The lowest BCUT2D eigenvalue weighted by molar-refractivity contribution is 0.471. The van der Waals surface area contributed by atoms with Crippen molar-refractivity contribution in [1.29, 1.82) is 0 Å². The van der Waals surface area contributed by atoms with E-state index >= 15 is 0 Å². The van der Waals surface area contributed by atoms with E-state index in [4.69, 9.17) is 0 Å². The van der Waals surface area contributed by atoms with Gasteiger partial charge in [0.15, 0.2) is 0 Å². The van der Waals surface area contributed by atoms with Crippen molar-refractivity contribution in [2.75, 3.05) is 12.8 Å². The highest BCUT2D eigenvalue weighted by molar-refractivity contribution is 8.00. The fraction of sp³-hybridized carbons (Fsp3) is 0.833. The Morgan fingerprint density at radius 2 is 2.47 bits per heavy atom. The summed E-state index contributed by atoms with van der Waals surface area (Å²) in [4.78, 5) is 4.37. The van der Waals surface area contributed by atoms with Gasteiger partial charge in [0.2, 0.25) is 0 Å². The third-order valence-corrected chi connectivity index (χ3v) is 4.95. The maximum absolute atomic E-state index is 4.37. The lowest BCUT2D eigenvalue weighted by atomic mass is 10.0. The van der Waals surface area contributed by atoms with Gasteiger partial charge in [-0.2, -0.15) is 16.9 Å². The molecule has 0 radical (unpaired) electrons. The van der Waals surface area contributed by atoms with Gasteiger partial charge >= 0.3 is 0 Å². The molecule has 2 atom stereocenters. The van der Waals surface area contributed by atoms with E-state index in [1.165, 1.54) is 25.0 Å². The maximum atomic E-state index is 4.37. The maximum Gasteiger partial charge on any atom is 0.138 e. The van der Waals surface area contributed by atoms with Gasteiger partial charge in [0.05, 0.1) is 0 Å². The van der Waals surface area contributed by atoms with Crippen molar-refractivity contribution >= 4 is 11.8 Å². The number of nitrogens with zero attached hydrogens (tertiary/aromatic N) is 3. The van der Waals surface area contributed by atoms with E-state index in [1.807, 2.05) is 4.68 Å². The Hall–Kier alpha value is -0.550. The molecule has 17 heavy (non-hydrogen) atoms. The molecule has 0 aliphatic carbocycles. The minimum atomic E-state index is 0.523. The molecule has 0 amide bonds. The van der Waals surface area contributed by atoms with Crippen LogP contribution < -0.4 is 5.32 Å². The van der Waals surface area contributed by atoms with Crippen molar-refractivity contribution in [1.82, 2.24) is 20.1 Å². The molecule has 2 heterocycles. The normalized spacial score (nSPS) is 22.6. The second-order valence-electron chi connectivity index (χ2n) is 4.50. The van der Waals surface area contributed by atoms with Crippen LogP contribution in [0.25, 0.3) is 0 Å². The predicted octanol–water partition coefficient (Wildman–Crippen LogP) is 1.71. The molecule has 0 spiro atoms. The van der Waals surface area contributed by atoms with E-state index in [2.05, 4.69) is 41.1 Å². The minimum absolute atomic E-state index is 0.523. The van der Waals surface area contributed by atoms with Gasteiger partial charge in [-0.25, -0.2) is 4.98 Å². The van der Waals surface area contributed by atoms with Crippen molar-refractivity contribution in [2.45, 2.75) is 50.4 Å². The Kier molecular flexibility index (Phi) is 4.86. The molecule has 5 heteroatoms. The summed E-state index contributed by atoms with van der Waals surface area (Å²) in [6, 6.07) is 0.523. The monoisotopic (exact) mass is 254 g/mol. The van der Waals surface area contributed by atoms with Crippen LogP contribution in [-0.4, -0.2) is 38.9 Å². The second kappa shape index (κ2) is 6.40. The number of hydrogen-bond acceptors (Lipinski definition) is 4. The zero-order valence-electron chi connectivity index (χ0n) is 10.7. The molecule has 2 unspecified atom stereocenters. The van der Waals surface area contributed by atoms with Crippen LogP contribution in [0.2, 0.25) is 0 Å². The van der Waals surface area contributed by atoms with E-state index in [9.17, 15) is 0 Å². The molecule has 1 N–H and O–H groups in total. The molecule has 1 aromatic heterocycles. The predicted molar refractivity (Wildman–Crippen MR) is 72.3 cm³/mol. The van der Waals surface area contributed by atoms with Gasteiger partial charge < -0.3 is 5.32 Å². The van der Waals surface area contributed by atoms with E-state index in [0.717, 1.165) is 24.0 Å². The summed E-state index contributed by atoms with van der Waals surface area (Å²) in [6.45, 7) is 3.02. The van der Waals surface area contributed by atoms with Crippen molar-refractivity contribution in [2.24, 2.45) is 0 Å². The highest BCUT2D eigenvalue weighted by atomic mass is 32.2. The smallest absolute Gasteiger partial charge is 0.138 e. The van der Waals surface area contributed by atoms with E-state index in [-0.39, 0.29) is 0 Å². The molecule has 1 saturated heterocycles.